The Bertz CT molecular complexity index is 1820. The number of alkyl halides is 1. The van der Waals surface area contributed by atoms with Gasteiger partial charge in [-0.3, -0.25) is 0 Å². The predicted molar refractivity (Wildman–Crippen MR) is 214 cm³/mol. The van der Waals surface area contributed by atoms with Gasteiger partial charge in [0, 0.05) is 35.8 Å². The molecule has 0 atom stereocenters. The van der Waals surface area contributed by atoms with Gasteiger partial charge < -0.3 is 19.1 Å². The fourth-order valence-electron chi connectivity index (χ4n) is 4.69. The molecule has 50 heavy (non-hydrogen) atoms. The van der Waals surface area contributed by atoms with E-state index in [2.05, 4.69) is 58.8 Å². The summed E-state index contributed by atoms with van der Waals surface area (Å²) in [6.07, 6.45) is 8.65. The third-order valence-corrected chi connectivity index (χ3v) is 8.29. The van der Waals surface area contributed by atoms with E-state index in [1.54, 1.807) is 31.2 Å². The van der Waals surface area contributed by atoms with Crippen LogP contribution in [0.3, 0.4) is 0 Å². The lowest BCUT2D eigenvalue weighted by Crippen LogP contribution is -2.01. The fourth-order valence-corrected chi connectivity index (χ4v) is 5.83. The van der Waals surface area contributed by atoms with Crippen LogP contribution in [0, 0.1) is 0 Å². The van der Waals surface area contributed by atoms with Crippen LogP contribution in [-0.4, -0.2) is 26.5 Å². The van der Waals surface area contributed by atoms with Gasteiger partial charge in [0.05, 0.1) is 16.9 Å². The van der Waals surface area contributed by atoms with E-state index in [0.717, 1.165) is 46.4 Å². The van der Waals surface area contributed by atoms with Gasteiger partial charge in [-0.1, -0.05) is 104 Å². The van der Waals surface area contributed by atoms with Gasteiger partial charge in [0.15, 0.2) is 5.75 Å². The molecule has 5 aromatic rings. The molecule has 2 N–H and O–H groups in total. The number of halogens is 2. The van der Waals surface area contributed by atoms with E-state index in [0.29, 0.717) is 23.1 Å². The number of carbonyl (C=O) groups is 1. The topological polar surface area (TPSA) is 76.4 Å². The molecule has 0 bridgehead atoms. The zero-order chi connectivity index (χ0) is 36.3. The van der Waals surface area contributed by atoms with Crippen LogP contribution in [0.5, 0.6) is 11.5 Å². The van der Waals surface area contributed by atoms with Crippen LogP contribution in [0.1, 0.15) is 67.6 Å². The number of allylic oxidation sites excluding steroid dienone is 3. The van der Waals surface area contributed by atoms with Gasteiger partial charge in [0.25, 0.3) is 0 Å². The lowest BCUT2D eigenvalue weighted by Gasteiger charge is -2.14. The van der Waals surface area contributed by atoms with Crippen molar-refractivity contribution < 1.29 is 14.6 Å². The van der Waals surface area contributed by atoms with E-state index in [1.807, 2.05) is 75.4 Å². The van der Waals surface area contributed by atoms with E-state index in [1.165, 1.54) is 23.1 Å². The molecular formula is C41H45Cl2N3O3S. The summed E-state index contributed by atoms with van der Waals surface area (Å²) in [5.74, 6) is 2.53. The molecule has 5 rings (SSSR count). The Kier molecular flexibility index (Phi) is 17.3. The second-order valence-corrected chi connectivity index (χ2v) is 12.4. The van der Waals surface area contributed by atoms with Crippen LogP contribution in [0.4, 0.5) is 5.69 Å². The lowest BCUT2D eigenvalue weighted by atomic mass is 10.0. The zero-order valence-electron chi connectivity index (χ0n) is 29.2. The number of nitrogens with zero attached hydrogens (tertiary/aromatic N) is 2. The molecule has 0 aliphatic carbocycles. The maximum Gasteiger partial charge on any atom is 0.335 e. The van der Waals surface area contributed by atoms with E-state index >= 15 is 0 Å². The van der Waals surface area contributed by atoms with Crippen molar-refractivity contribution >= 4 is 52.9 Å². The minimum absolute atomic E-state index is 0.195. The number of aromatic carboxylic acids is 1. The van der Waals surface area contributed by atoms with Gasteiger partial charge in [-0.25, -0.2) is 9.78 Å². The number of carboxylic acid groups (broad SMARTS) is 1. The number of carboxylic acids is 1. The summed E-state index contributed by atoms with van der Waals surface area (Å²) < 4.78 is 11.6. The van der Waals surface area contributed by atoms with E-state index in [9.17, 15) is 9.90 Å². The number of rotatable bonds is 13. The first-order valence-corrected chi connectivity index (χ1v) is 18.4. The van der Waals surface area contributed by atoms with Crippen LogP contribution in [0.15, 0.2) is 120 Å². The van der Waals surface area contributed by atoms with Gasteiger partial charge in [-0.2, -0.15) is 0 Å². The standard InChI is InChI=1S/C35H33N3O3S.C4H6Cl2.C2H6/c1-3-8-30-23-38(4-2)34(36-30)21-25-11-13-27(14-12-25)28-15-18-31(19-16-28)41-33-20-17-29(35(39)40)22-32(33)37-42-24-26-9-6-5-7-10-26;1-4(6)2-3-5;1-2/h3,5-20,22-23,37H,4,21,24H2,1-2H3,(H,39,40);2H,3H2,1H3;1-2H3/b8-3+;4-2+;. The number of anilines is 1. The molecule has 0 fully saturated rings. The van der Waals surface area contributed by atoms with Crippen molar-refractivity contribution in [1.82, 2.24) is 9.55 Å². The van der Waals surface area contributed by atoms with Crippen molar-refractivity contribution in [2.75, 3.05) is 10.6 Å². The number of imidazole rings is 1. The summed E-state index contributed by atoms with van der Waals surface area (Å²) in [6.45, 7) is 10.8. The number of hydrogen-bond donors (Lipinski definition) is 2. The number of nitrogens with one attached hydrogen (secondary N) is 1. The Morgan fingerprint density at radius 1 is 0.960 bits per heavy atom. The minimum Gasteiger partial charge on any atom is -0.478 e. The maximum absolute atomic E-state index is 11.6. The molecule has 0 unspecified atom stereocenters. The van der Waals surface area contributed by atoms with Crippen molar-refractivity contribution in [3.63, 3.8) is 0 Å². The van der Waals surface area contributed by atoms with Crippen LogP contribution >= 0.6 is 35.1 Å². The van der Waals surface area contributed by atoms with Crippen molar-refractivity contribution in [3.8, 4) is 22.6 Å². The summed E-state index contributed by atoms with van der Waals surface area (Å²) in [4.78, 5) is 16.3. The molecule has 6 nitrogen and oxygen atoms in total. The van der Waals surface area contributed by atoms with Gasteiger partial charge >= 0.3 is 5.97 Å². The average Bonchev–Trinajstić information content (AvgIpc) is 3.52. The Morgan fingerprint density at radius 3 is 2.18 bits per heavy atom. The molecule has 1 aromatic heterocycles. The van der Waals surface area contributed by atoms with E-state index in [-0.39, 0.29) is 5.56 Å². The number of aromatic nitrogens is 2. The molecule has 0 radical (unpaired) electrons. The summed E-state index contributed by atoms with van der Waals surface area (Å²) in [5.41, 5.74) is 6.36. The monoisotopic (exact) mass is 729 g/mol. The predicted octanol–water partition coefficient (Wildman–Crippen LogP) is 12.3. The molecule has 0 saturated carbocycles. The largest absolute Gasteiger partial charge is 0.478 e. The van der Waals surface area contributed by atoms with Crippen molar-refractivity contribution in [1.29, 1.82) is 0 Å². The Balaban J connectivity index is 0.000000765. The van der Waals surface area contributed by atoms with Crippen molar-refractivity contribution in [2.24, 2.45) is 0 Å². The summed E-state index contributed by atoms with van der Waals surface area (Å²) in [6, 6.07) is 31.4. The molecule has 9 heteroatoms. The molecule has 262 valence electrons. The zero-order valence-corrected chi connectivity index (χ0v) is 31.5. The minimum atomic E-state index is -0.984. The first kappa shape index (κ1) is 40.0. The van der Waals surface area contributed by atoms with Crippen LogP contribution < -0.4 is 9.46 Å². The quantitative estimate of drug-likeness (QED) is 0.0928. The highest BCUT2D eigenvalue weighted by Crippen LogP contribution is 2.34. The van der Waals surface area contributed by atoms with Crippen LogP contribution in [-0.2, 0) is 18.7 Å². The SMILES string of the molecule is C/C(Cl)=C\CCl.C/C=C/c1cn(CC)c(Cc2ccc(-c3ccc(Oc4ccc(C(=O)O)cc4NSCc4ccccc4)cc3)cc2)n1.CC. The van der Waals surface area contributed by atoms with Crippen molar-refractivity contribution in [2.45, 2.75) is 53.3 Å². The highest BCUT2D eigenvalue weighted by Gasteiger charge is 2.12. The third-order valence-electron chi connectivity index (χ3n) is 7.14. The highest BCUT2D eigenvalue weighted by molar-refractivity contribution is 7.99. The van der Waals surface area contributed by atoms with Gasteiger partial charge in [0.2, 0.25) is 0 Å². The molecule has 0 aliphatic rings. The van der Waals surface area contributed by atoms with Crippen LogP contribution in [0.2, 0.25) is 0 Å². The van der Waals surface area contributed by atoms with Gasteiger partial charge in [-0.05, 0) is 91.4 Å². The van der Waals surface area contributed by atoms with Gasteiger partial charge in [0.1, 0.15) is 11.6 Å². The molecule has 1 heterocycles. The number of aryl methyl sites for hydroxylation is 1. The van der Waals surface area contributed by atoms with E-state index in [4.69, 9.17) is 32.9 Å². The fraction of sp³-hybridized carbons (Fsp3) is 0.220. The summed E-state index contributed by atoms with van der Waals surface area (Å²) in [5, 5.41) is 10.2. The molecular weight excluding hydrogens is 685 g/mol. The second-order valence-electron chi connectivity index (χ2n) is 10.7. The normalized spacial score (nSPS) is 10.9. The average molecular weight is 731 g/mol. The number of ether oxygens (including phenoxy) is 1. The number of benzene rings is 4. The van der Waals surface area contributed by atoms with Crippen molar-refractivity contribution in [3.05, 3.63) is 149 Å². The smallest absolute Gasteiger partial charge is 0.335 e. The second kappa shape index (κ2) is 21.6. The lowest BCUT2D eigenvalue weighted by molar-refractivity contribution is 0.0697. The molecule has 0 aliphatic heterocycles. The first-order chi connectivity index (χ1) is 24.3. The summed E-state index contributed by atoms with van der Waals surface area (Å²) >= 11 is 12.1. The highest BCUT2D eigenvalue weighted by atomic mass is 35.5. The Morgan fingerprint density at radius 2 is 1.62 bits per heavy atom. The van der Waals surface area contributed by atoms with Crippen LogP contribution in [0.25, 0.3) is 17.2 Å². The summed E-state index contributed by atoms with van der Waals surface area (Å²) in [7, 11) is 0. The first-order valence-electron chi connectivity index (χ1n) is 16.5. The molecule has 4 aromatic carbocycles. The Hall–Kier alpha value is -4.43. The van der Waals surface area contributed by atoms with Gasteiger partial charge in [-0.15, -0.1) is 11.6 Å². The third kappa shape index (κ3) is 12.8. The molecule has 0 amide bonds. The molecule has 0 spiro atoms. The maximum atomic E-state index is 11.6. The molecule has 0 saturated heterocycles. The number of hydrogen-bond acceptors (Lipinski definition) is 5. The van der Waals surface area contributed by atoms with E-state index < -0.39 is 5.97 Å². The Labute approximate surface area is 311 Å².